The van der Waals surface area contributed by atoms with Crippen LogP contribution in [0.2, 0.25) is 0 Å². The molecule has 0 saturated carbocycles. The third kappa shape index (κ3) is 5.97. The Bertz CT molecular complexity index is 822. The van der Waals surface area contributed by atoms with Gasteiger partial charge in [-0.25, -0.2) is 0 Å². The average molecular weight is 453 g/mol. The first kappa shape index (κ1) is 22.1. The van der Waals surface area contributed by atoms with Gasteiger partial charge in [-0.2, -0.15) is 11.8 Å². The van der Waals surface area contributed by atoms with Crippen LogP contribution in [0.15, 0.2) is 23.1 Å². The van der Waals surface area contributed by atoms with E-state index >= 15 is 0 Å². The van der Waals surface area contributed by atoms with Crippen LogP contribution in [0.4, 0.5) is 0 Å². The smallest absolute Gasteiger partial charge is 0.303 e. The second kappa shape index (κ2) is 10.5. The zero-order valence-corrected chi connectivity index (χ0v) is 18.7. The molecule has 1 N–H and O–H groups in total. The molecule has 9 heteroatoms. The Hall–Kier alpha value is -1.55. The molecule has 0 spiro atoms. The van der Waals surface area contributed by atoms with Gasteiger partial charge in [0.25, 0.3) is 5.91 Å². The third-order valence-corrected chi connectivity index (χ3v) is 7.07. The second-order valence-electron chi connectivity index (χ2n) is 6.79. The van der Waals surface area contributed by atoms with Gasteiger partial charge in [0, 0.05) is 49.7 Å². The molecule has 1 aromatic rings. The molecule has 2 fully saturated rings. The summed E-state index contributed by atoms with van der Waals surface area (Å²) in [5.41, 5.74) is 2.03. The Morgan fingerprint density at radius 3 is 2.79 bits per heavy atom. The van der Waals surface area contributed by atoms with E-state index in [9.17, 15) is 9.59 Å². The molecule has 0 aliphatic carbocycles. The van der Waals surface area contributed by atoms with Crippen molar-refractivity contribution in [3.8, 4) is 5.75 Å². The van der Waals surface area contributed by atoms with E-state index in [0.29, 0.717) is 22.2 Å². The number of methoxy groups -OCH3 is 1. The highest BCUT2D eigenvalue weighted by molar-refractivity contribution is 8.26. The fraction of sp³-hybridized carbons (Fsp3) is 0.450. The van der Waals surface area contributed by atoms with Crippen molar-refractivity contribution < 1.29 is 19.4 Å². The molecule has 29 heavy (non-hydrogen) atoms. The number of aliphatic carboxylic acids is 1. The van der Waals surface area contributed by atoms with E-state index in [4.69, 9.17) is 22.1 Å². The van der Waals surface area contributed by atoms with Crippen molar-refractivity contribution in [3.05, 3.63) is 34.2 Å². The number of carbonyl (C=O) groups excluding carboxylic acids is 1. The van der Waals surface area contributed by atoms with Gasteiger partial charge in [0.1, 0.15) is 10.1 Å². The predicted octanol–water partition coefficient (Wildman–Crippen LogP) is 3.31. The normalized spacial score (nSPS) is 19.2. The predicted molar refractivity (Wildman–Crippen MR) is 122 cm³/mol. The lowest BCUT2D eigenvalue weighted by Gasteiger charge is -2.26. The summed E-state index contributed by atoms with van der Waals surface area (Å²) in [4.78, 5) is 27.9. The molecule has 1 amide bonds. The quantitative estimate of drug-likeness (QED) is 0.476. The molecule has 2 aliphatic rings. The van der Waals surface area contributed by atoms with Crippen molar-refractivity contribution in [2.45, 2.75) is 19.4 Å². The number of rotatable bonds is 8. The molecule has 3 rings (SSSR count). The van der Waals surface area contributed by atoms with Crippen molar-refractivity contribution in [3.63, 3.8) is 0 Å². The summed E-state index contributed by atoms with van der Waals surface area (Å²) in [6.45, 7) is 3.27. The highest BCUT2D eigenvalue weighted by Gasteiger charge is 2.31. The van der Waals surface area contributed by atoms with Gasteiger partial charge in [0.2, 0.25) is 0 Å². The minimum Gasteiger partial charge on any atom is -0.496 e. The molecule has 2 heterocycles. The zero-order valence-electron chi connectivity index (χ0n) is 16.3. The van der Waals surface area contributed by atoms with Gasteiger partial charge in [0.05, 0.1) is 12.0 Å². The van der Waals surface area contributed by atoms with E-state index in [2.05, 4.69) is 11.0 Å². The Kier molecular flexibility index (Phi) is 7.99. The van der Waals surface area contributed by atoms with Crippen LogP contribution in [0.25, 0.3) is 6.08 Å². The first-order valence-electron chi connectivity index (χ1n) is 9.42. The number of ether oxygens (including phenoxy) is 1. The van der Waals surface area contributed by atoms with Gasteiger partial charge < -0.3 is 9.84 Å². The van der Waals surface area contributed by atoms with Crippen LogP contribution in [0.1, 0.15) is 24.0 Å². The van der Waals surface area contributed by atoms with Gasteiger partial charge in [-0.3, -0.25) is 19.4 Å². The van der Waals surface area contributed by atoms with Gasteiger partial charge in [-0.15, -0.1) is 0 Å². The van der Waals surface area contributed by atoms with Gasteiger partial charge in [-0.05, 0) is 30.2 Å². The highest BCUT2D eigenvalue weighted by atomic mass is 32.2. The number of hydrogen-bond donors (Lipinski definition) is 1. The summed E-state index contributed by atoms with van der Waals surface area (Å²) in [5.74, 6) is 2.11. The minimum atomic E-state index is -0.871. The summed E-state index contributed by atoms with van der Waals surface area (Å²) in [6.07, 6.45) is 2.26. The van der Waals surface area contributed by atoms with Crippen molar-refractivity contribution in [2.75, 3.05) is 38.2 Å². The van der Waals surface area contributed by atoms with Crippen molar-refractivity contribution >= 4 is 58.0 Å². The van der Waals surface area contributed by atoms with E-state index < -0.39 is 5.97 Å². The van der Waals surface area contributed by atoms with Crippen molar-refractivity contribution in [1.82, 2.24) is 9.80 Å². The summed E-state index contributed by atoms with van der Waals surface area (Å²) in [5, 5.41) is 8.78. The molecule has 0 bridgehead atoms. The van der Waals surface area contributed by atoms with E-state index in [1.54, 1.807) is 7.11 Å². The number of carboxylic acid groups (broad SMARTS) is 1. The number of carbonyl (C=O) groups is 2. The maximum absolute atomic E-state index is 12.7. The number of amides is 1. The maximum atomic E-state index is 12.7. The molecule has 2 saturated heterocycles. The second-order valence-corrected chi connectivity index (χ2v) is 9.69. The van der Waals surface area contributed by atoms with Crippen LogP contribution in [0.5, 0.6) is 5.75 Å². The lowest BCUT2D eigenvalue weighted by atomic mass is 10.1. The van der Waals surface area contributed by atoms with Crippen molar-refractivity contribution in [1.29, 1.82) is 0 Å². The van der Waals surface area contributed by atoms with Crippen LogP contribution in [-0.4, -0.2) is 69.4 Å². The van der Waals surface area contributed by atoms with Gasteiger partial charge >= 0.3 is 5.97 Å². The van der Waals surface area contributed by atoms with E-state index in [1.807, 2.05) is 30.0 Å². The molecule has 6 nitrogen and oxygen atoms in total. The monoisotopic (exact) mass is 452 g/mol. The molecule has 0 radical (unpaired) electrons. The van der Waals surface area contributed by atoms with Crippen LogP contribution >= 0.6 is 35.7 Å². The third-order valence-electron chi connectivity index (χ3n) is 4.75. The molecule has 156 valence electrons. The molecule has 0 unspecified atom stereocenters. The molecule has 0 atom stereocenters. The largest absolute Gasteiger partial charge is 0.496 e. The SMILES string of the molecule is COc1ccc(C=C2SC(=S)N(CCCC(=O)O)C2=O)cc1CN1CCSCC1. The average Bonchev–Trinajstić information content (AvgIpc) is 2.96. The van der Waals surface area contributed by atoms with Gasteiger partial charge in [0.15, 0.2) is 0 Å². The summed E-state index contributed by atoms with van der Waals surface area (Å²) < 4.78 is 6.01. The van der Waals surface area contributed by atoms with Crippen molar-refractivity contribution in [2.24, 2.45) is 0 Å². The maximum Gasteiger partial charge on any atom is 0.303 e. The van der Waals surface area contributed by atoms with E-state index in [-0.39, 0.29) is 12.3 Å². The fourth-order valence-corrected chi connectivity index (χ4v) is 5.53. The number of benzene rings is 1. The van der Waals surface area contributed by atoms with Crippen LogP contribution in [-0.2, 0) is 16.1 Å². The van der Waals surface area contributed by atoms with E-state index in [0.717, 1.165) is 48.0 Å². The van der Waals surface area contributed by atoms with Crippen LogP contribution in [0.3, 0.4) is 0 Å². The number of thiocarbonyl (C=S) groups is 1. The minimum absolute atomic E-state index is 0.0208. The summed E-state index contributed by atoms with van der Waals surface area (Å²) in [6, 6.07) is 5.94. The number of carboxylic acids is 1. The Balaban J connectivity index is 1.73. The fourth-order valence-electron chi connectivity index (χ4n) is 3.24. The first-order valence-corrected chi connectivity index (χ1v) is 11.8. The molecule has 2 aliphatic heterocycles. The Morgan fingerprint density at radius 1 is 1.34 bits per heavy atom. The number of nitrogens with zero attached hydrogens (tertiary/aromatic N) is 2. The van der Waals surface area contributed by atoms with Crippen LogP contribution in [0, 0.1) is 0 Å². The molecular weight excluding hydrogens is 428 g/mol. The standard InChI is InChI=1S/C20H24N2O4S3/c1-26-16-5-4-14(11-15(16)13-21-7-9-28-10-8-21)12-17-19(25)22(20(27)29-17)6-2-3-18(23)24/h4-5,11-12H,2-3,6-10,13H2,1H3,(H,23,24). The number of thioether (sulfide) groups is 2. The summed E-state index contributed by atoms with van der Waals surface area (Å²) in [7, 11) is 1.67. The topological polar surface area (TPSA) is 70.1 Å². The Morgan fingerprint density at radius 2 is 2.10 bits per heavy atom. The zero-order chi connectivity index (χ0) is 20.8. The summed E-state index contributed by atoms with van der Waals surface area (Å²) >= 11 is 8.56. The van der Waals surface area contributed by atoms with Gasteiger partial charge in [-0.1, -0.05) is 30.0 Å². The van der Waals surface area contributed by atoms with Crippen LogP contribution < -0.4 is 4.74 Å². The highest BCUT2D eigenvalue weighted by Crippen LogP contribution is 2.33. The lowest BCUT2D eigenvalue weighted by molar-refractivity contribution is -0.137. The van der Waals surface area contributed by atoms with E-state index in [1.165, 1.54) is 16.7 Å². The molecular formula is C20H24N2O4S3. The Labute approximate surface area is 184 Å². The molecule has 1 aromatic carbocycles. The molecule has 0 aromatic heterocycles. The first-order chi connectivity index (χ1) is 14.0. The lowest BCUT2D eigenvalue weighted by Crippen LogP contribution is -2.32. The number of hydrogen-bond acceptors (Lipinski definition) is 7.